The lowest BCUT2D eigenvalue weighted by Crippen LogP contribution is -2.06. The highest BCUT2D eigenvalue weighted by Crippen LogP contribution is 2.50. The van der Waals surface area contributed by atoms with Crippen molar-refractivity contribution in [2.75, 3.05) is 14.2 Å². The molecule has 0 aromatic heterocycles. The number of ether oxygens (including phenoxy) is 2. The fourth-order valence-electron chi connectivity index (χ4n) is 2.86. The molecule has 1 aliphatic rings. The number of hydrogen-bond acceptors (Lipinski definition) is 5. The van der Waals surface area contributed by atoms with E-state index in [1.54, 1.807) is 18.2 Å². The van der Waals surface area contributed by atoms with Gasteiger partial charge in [0, 0.05) is 5.56 Å². The third kappa shape index (κ3) is 1.93. The number of aryl methyl sites for hydroxylation is 2. The maximum atomic E-state index is 10.0. The predicted molar refractivity (Wildman–Crippen MR) is 77.4 cm³/mol. The van der Waals surface area contributed by atoms with Gasteiger partial charge in [-0.3, -0.25) is 0 Å². The smallest absolute Gasteiger partial charge is 0.201 e. The highest BCUT2D eigenvalue weighted by atomic mass is 16.5. The molecule has 0 aliphatic heterocycles. The van der Waals surface area contributed by atoms with Crippen LogP contribution in [0.1, 0.15) is 11.1 Å². The van der Waals surface area contributed by atoms with Crippen molar-refractivity contribution in [1.29, 1.82) is 0 Å². The van der Waals surface area contributed by atoms with Gasteiger partial charge in [0.25, 0.3) is 0 Å². The molecule has 0 radical (unpaired) electrons. The molecule has 0 spiro atoms. The minimum Gasteiger partial charge on any atom is -0.504 e. The van der Waals surface area contributed by atoms with Crippen molar-refractivity contribution in [3.63, 3.8) is 0 Å². The molecular formula is C16H16O5. The van der Waals surface area contributed by atoms with Crippen molar-refractivity contribution in [2.45, 2.75) is 12.8 Å². The van der Waals surface area contributed by atoms with Gasteiger partial charge in [-0.2, -0.15) is 0 Å². The van der Waals surface area contributed by atoms with Gasteiger partial charge in [-0.1, -0.05) is 0 Å². The number of aromatic hydroxyl groups is 3. The molecule has 3 N–H and O–H groups in total. The third-order valence-electron chi connectivity index (χ3n) is 3.86. The Morgan fingerprint density at radius 2 is 1.52 bits per heavy atom. The van der Waals surface area contributed by atoms with Gasteiger partial charge in [-0.05, 0) is 47.7 Å². The van der Waals surface area contributed by atoms with Crippen molar-refractivity contribution in [2.24, 2.45) is 0 Å². The average Bonchev–Trinajstić information content (AvgIpc) is 2.48. The Hall–Kier alpha value is -2.56. The molecule has 2 aromatic carbocycles. The second kappa shape index (κ2) is 4.77. The van der Waals surface area contributed by atoms with E-state index in [4.69, 9.17) is 9.47 Å². The Labute approximate surface area is 122 Å². The van der Waals surface area contributed by atoms with Gasteiger partial charge in [0.05, 0.1) is 14.2 Å². The molecule has 1 aliphatic carbocycles. The summed E-state index contributed by atoms with van der Waals surface area (Å²) in [7, 11) is 2.93. The molecule has 0 heterocycles. The lowest BCUT2D eigenvalue weighted by molar-refractivity contribution is 0.351. The molecule has 0 saturated carbocycles. The van der Waals surface area contributed by atoms with E-state index in [0.717, 1.165) is 28.7 Å². The Morgan fingerprint density at radius 3 is 2.19 bits per heavy atom. The van der Waals surface area contributed by atoms with Gasteiger partial charge in [0.2, 0.25) is 5.75 Å². The standard InChI is InChI=1S/C16H16O5/c1-20-13-7-10-8(5-11(13)17)3-4-9-6-12(18)15(19)16(21-2)14(9)10/h5-7,17-19H,3-4H2,1-2H3. The van der Waals surface area contributed by atoms with Crippen molar-refractivity contribution in [3.8, 4) is 39.9 Å². The van der Waals surface area contributed by atoms with Crippen LogP contribution in [0.25, 0.3) is 11.1 Å². The number of fused-ring (bicyclic) bond motifs is 3. The highest BCUT2D eigenvalue weighted by molar-refractivity contribution is 5.84. The van der Waals surface area contributed by atoms with E-state index in [0.29, 0.717) is 12.2 Å². The van der Waals surface area contributed by atoms with Crippen LogP contribution in [0.15, 0.2) is 18.2 Å². The van der Waals surface area contributed by atoms with Crippen molar-refractivity contribution in [1.82, 2.24) is 0 Å². The normalized spacial score (nSPS) is 12.5. The number of benzene rings is 2. The van der Waals surface area contributed by atoms with E-state index in [1.807, 2.05) is 0 Å². The molecule has 2 aromatic rings. The number of rotatable bonds is 2. The molecule has 0 atom stereocenters. The zero-order valence-corrected chi connectivity index (χ0v) is 11.8. The molecule has 21 heavy (non-hydrogen) atoms. The van der Waals surface area contributed by atoms with Crippen molar-refractivity contribution >= 4 is 0 Å². The molecular weight excluding hydrogens is 272 g/mol. The first kappa shape index (κ1) is 13.4. The van der Waals surface area contributed by atoms with E-state index in [-0.39, 0.29) is 23.0 Å². The molecule has 0 amide bonds. The Morgan fingerprint density at radius 1 is 0.857 bits per heavy atom. The van der Waals surface area contributed by atoms with Crippen LogP contribution in [0.2, 0.25) is 0 Å². The number of hydrogen-bond donors (Lipinski definition) is 3. The van der Waals surface area contributed by atoms with Crippen LogP contribution in [0.3, 0.4) is 0 Å². The lowest BCUT2D eigenvalue weighted by Gasteiger charge is -2.24. The zero-order chi connectivity index (χ0) is 15.1. The van der Waals surface area contributed by atoms with E-state index in [1.165, 1.54) is 14.2 Å². The lowest BCUT2D eigenvalue weighted by atomic mass is 9.84. The number of phenols is 3. The van der Waals surface area contributed by atoms with Crippen molar-refractivity contribution < 1.29 is 24.8 Å². The van der Waals surface area contributed by atoms with Gasteiger partial charge in [-0.15, -0.1) is 0 Å². The fourth-order valence-corrected chi connectivity index (χ4v) is 2.86. The molecule has 110 valence electrons. The molecule has 5 heteroatoms. The second-order valence-corrected chi connectivity index (χ2v) is 4.99. The Balaban J connectivity index is 2.33. The minimum absolute atomic E-state index is 0.0849. The average molecular weight is 288 g/mol. The number of methoxy groups -OCH3 is 2. The van der Waals surface area contributed by atoms with E-state index < -0.39 is 0 Å². The maximum absolute atomic E-state index is 10.0. The van der Waals surface area contributed by atoms with E-state index >= 15 is 0 Å². The summed E-state index contributed by atoms with van der Waals surface area (Å²) in [6, 6.07) is 4.94. The summed E-state index contributed by atoms with van der Waals surface area (Å²) in [4.78, 5) is 0. The summed E-state index contributed by atoms with van der Waals surface area (Å²) in [5.74, 6) is 0.201. The summed E-state index contributed by atoms with van der Waals surface area (Å²) < 4.78 is 10.4. The van der Waals surface area contributed by atoms with Crippen LogP contribution in [0.5, 0.6) is 28.7 Å². The predicted octanol–water partition coefficient (Wildman–Crippen LogP) is 2.59. The van der Waals surface area contributed by atoms with Gasteiger partial charge < -0.3 is 24.8 Å². The quantitative estimate of drug-likeness (QED) is 0.740. The Kier molecular flexibility index (Phi) is 3.05. The van der Waals surface area contributed by atoms with E-state index in [2.05, 4.69) is 0 Å². The fraction of sp³-hybridized carbons (Fsp3) is 0.250. The third-order valence-corrected chi connectivity index (χ3v) is 3.86. The summed E-state index contributed by atoms with van der Waals surface area (Å²) in [5.41, 5.74) is 3.40. The zero-order valence-electron chi connectivity index (χ0n) is 11.8. The van der Waals surface area contributed by atoms with Crippen molar-refractivity contribution in [3.05, 3.63) is 29.3 Å². The molecule has 0 unspecified atom stereocenters. The SMILES string of the molecule is COc1cc2c(cc1O)CCc1cc(O)c(O)c(OC)c1-2. The second-order valence-electron chi connectivity index (χ2n) is 4.99. The minimum atomic E-state index is -0.281. The van der Waals surface area contributed by atoms with Crippen LogP contribution >= 0.6 is 0 Å². The van der Waals surface area contributed by atoms with Crippen LogP contribution in [0, 0.1) is 0 Å². The Bertz CT molecular complexity index is 721. The van der Waals surface area contributed by atoms with Crippen LogP contribution in [-0.4, -0.2) is 29.5 Å². The molecule has 3 rings (SSSR count). The summed E-state index contributed by atoms with van der Waals surface area (Å²) in [6.45, 7) is 0. The summed E-state index contributed by atoms with van der Waals surface area (Å²) in [5, 5.41) is 29.7. The van der Waals surface area contributed by atoms with Crippen LogP contribution < -0.4 is 9.47 Å². The molecule has 0 fully saturated rings. The first-order chi connectivity index (χ1) is 10.1. The highest BCUT2D eigenvalue weighted by Gasteiger charge is 2.26. The van der Waals surface area contributed by atoms with Crippen LogP contribution in [0.4, 0.5) is 0 Å². The molecule has 5 nitrogen and oxygen atoms in total. The number of phenolic OH excluding ortho intramolecular Hbond substituents is 3. The van der Waals surface area contributed by atoms with Gasteiger partial charge in [0.15, 0.2) is 23.0 Å². The van der Waals surface area contributed by atoms with E-state index in [9.17, 15) is 15.3 Å². The first-order valence-corrected chi connectivity index (χ1v) is 6.58. The summed E-state index contributed by atoms with van der Waals surface area (Å²) in [6.07, 6.45) is 1.42. The van der Waals surface area contributed by atoms with Gasteiger partial charge >= 0.3 is 0 Å². The van der Waals surface area contributed by atoms with Crippen LogP contribution in [-0.2, 0) is 12.8 Å². The molecule has 0 bridgehead atoms. The first-order valence-electron chi connectivity index (χ1n) is 6.58. The topological polar surface area (TPSA) is 79.2 Å². The summed E-state index contributed by atoms with van der Waals surface area (Å²) >= 11 is 0. The monoisotopic (exact) mass is 288 g/mol. The van der Waals surface area contributed by atoms with Gasteiger partial charge in [0.1, 0.15) is 0 Å². The molecule has 0 saturated heterocycles. The maximum Gasteiger partial charge on any atom is 0.201 e. The largest absolute Gasteiger partial charge is 0.504 e. The van der Waals surface area contributed by atoms with Gasteiger partial charge in [-0.25, -0.2) is 0 Å².